The molecule has 0 radical (unpaired) electrons. The van der Waals surface area contributed by atoms with E-state index in [1.165, 1.54) is 0 Å². The number of benzene rings is 2. The van der Waals surface area contributed by atoms with Crippen molar-refractivity contribution in [2.45, 2.75) is 38.1 Å². The second kappa shape index (κ2) is 6.45. The van der Waals surface area contributed by atoms with Crippen LogP contribution in [0, 0.1) is 0 Å². The minimum Gasteiger partial charge on any atom is -0.493 e. The molecule has 0 heterocycles. The lowest BCUT2D eigenvalue weighted by atomic mass is 10.1. The van der Waals surface area contributed by atoms with Crippen molar-refractivity contribution in [3.63, 3.8) is 0 Å². The molecule has 0 aromatic heterocycles. The van der Waals surface area contributed by atoms with Crippen LogP contribution in [0.3, 0.4) is 0 Å². The molecule has 0 atom stereocenters. The molecule has 0 spiro atoms. The van der Waals surface area contributed by atoms with Crippen LogP contribution >= 0.6 is 0 Å². The van der Waals surface area contributed by atoms with Crippen LogP contribution in [-0.4, -0.2) is 21.1 Å². The number of ether oxygens (including phenoxy) is 1. The Labute approximate surface area is 126 Å². The van der Waals surface area contributed by atoms with Crippen LogP contribution in [0.1, 0.15) is 27.2 Å². The molecule has 0 saturated carbocycles. The topological polar surface area (TPSA) is 55.4 Å². The van der Waals surface area contributed by atoms with Crippen LogP contribution in [0.25, 0.3) is 10.8 Å². The van der Waals surface area contributed by atoms with Crippen molar-refractivity contribution in [1.29, 1.82) is 0 Å². The van der Waals surface area contributed by atoms with Crippen molar-refractivity contribution in [2.75, 3.05) is 6.61 Å². The molecule has 2 rings (SSSR count). The Kier molecular flexibility index (Phi) is 4.85. The van der Waals surface area contributed by atoms with Gasteiger partial charge in [0.15, 0.2) is 0 Å². The van der Waals surface area contributed by atoms with Gasteiger partial charge in [0, 0.05) is 16.8 Å². The highest BCUT2D eigenvalue weighted by Gasteiger charge is 2.19. The van der Waals surface area contributed by atoms with Gasteiger partial charge in [0.05, 0.1) is 11.5 Å². The maximum absolute atomic E-state index is 12.4. The molecule has 21 heavy (non-hydrogen) atoms. The SMILES string of the molecule is CCCOc1ccc(S(=O)(=O)NC(C)C)c2ccccc12. The van der Waals surface area contributed by atoms with Crippen LogP contribution in [0.5, 0.6) is 5.75 Å². The summed E-state index contributed by atoms with van der Waals surface area (Å²) >= 11 is 0. The first-order valence-corrected chi connectivity index (χ1v) is 8.61. The van der Waals surface area contributed by atoms with Crippen molar-refractivity contribution in [2.24, 2.45) is 0 Å². The Morgan fingerprint density at radius 1 is 1.10 bits per heavy atom. The molecule has 0 bridgehead atoms. The fourth-order valence-corrected chi connectivity index (χ4v) is 3.65. The Bertz CT molecular complexity index is 723. The standard InChI is InChI=1S/C16H21NO3S/c1-4-11-20-15-9-10-16(21(18,19)17-12(2)3)14-8-6-5-7-13(14)15/h5-10,12,17H,4,11H2,1-3H3. The summed E-state index contributed by atoms with van der Waals surface area (Å²) in [6.07, 6.45) is 0.906. The minimum atomic E-state index is -3.53. The van der Waals surface area contributed by atoms with Gasteiger partial charge in [0.25, 0.3) is 0 Å². The third-order valence-corrected chi connectivity index (χ3v) is 4.70. The third kappa shape index (κ3) is 3.54. The van der Waals surface area contributed by atoms with Crippen molar-refractivity contribution < 1.29 is 13.2 Å². The van der Waals surface area contributed by atoms with E-state index in [1.54, 1.807) is 26.0 Å². The summed E-state index contributed by atoms with van der Waals surface area (Å²) in [5.74, 6) is 0.718. The summed E-state index contributed by atoms with van der Waals surface area (Å²) in [7, 11) is -3.53. The monoisotopic (exact) mass is 307 g/mol. The molecule has 0 fully saturated rings. The number of hydrogen-bond acceptors (Lipinski definition) is 3. The molecule has 2 aromatic rings. The van der Waals surface area contributed by atoms with E-state index >= 15 is 0 Å². The summed E-state index contributed by atoms with van der Waals surface area (Å²) in [6, 6.07) is 10.6. The van der Waals surface area contributed by atoms with Crippen LogP contribution in [0.2, 0.25) is 0 Å². The van der Waals surface area contributed by atoms with Crippen LogP contribution < -0.4 is 9.46 Å². The number of sulfonamides is 1. The normalized spacial score (nSPS) is 12.0. The van der Waals surface area contributed by atoms with Crippen LogP contribution in [0.15, 0.2) is 41.3 Å². The summed E-state index contributed by atoms with van der Waals surface area (Å²) in [4.78, 5) is 0.288. The van der Waals surface area contributed by atoms with Crippen LogP contribution in [0.4, 0.5) is 0 Å². The molecule has 0 aliphatic rings. The van der Waals surface area contributed by atoms with E-state index in [9.17, 15) is 8.42 Å². The predicted molar refractivity (Wildman–Crippen MR) is 85.2 cm³/mol. The lowest BCUT2D eigenvalue weighted by Gasteiger charge is -2.14. The minimum absolute atomic E-state index is 0.148. The number of rotatable bonds is 6. The molecular weight excluding hydrogens is 286 g/mol. The van der Waals surface area contributed by atoms with Gasteiger partial charge < -0.3 is 4.74 Å². The van der Waals surface area contributed by atoms with Crippen molar-refractivity contribution >= 4 is 20.8 Å². The summed E-state index contributed by atoms with van der Waals surface area (Å²) in [6.45, 7) is 6.25. The maximum Gasteiger partial charge on any atom is 0.241 e. The molecule has 2 aromatic carbocycles. The smallest absolute Gasteiger partial charge is 0.241 e. The molecule has 4 nitrogen and oxygen atoms in total. The van der Waals surface area contributed by atoms with Gasteiger partial charge in [-0.2, -0.15) is 0 Å². The van der Waals surface area contributed by atoms with E-state index in [2.05, 4.69) is 4.72 Å². The highest BCUT2D eigenvalue weighted by atomic mass is 32.2. The predicted octanol–water partition coefficient (Wildman–Crippen LogP) is 3.32. The molecule has 0 aliphatic carbocycles. The average Bonchev–Trinajstić information content (AvgIpc) is 2.43. The second-order valence-electron chi connectivity index (χ2n) is 5.23. The fraction of sp³-hybridized carbons (Fsp3) is 0.375. The van der Waals surface area contributed by atoms with E-state index < -0.39 is 10.0 Å². The van der Waals surface area contributed by atoms with E-state index in [-0.39, 0.29) is 10.9 Å². The Balaban J connectivity index is 2.57. The number of fused-ring (bicyclic) bond motifs is 1. The zero-order valence-corrected chi connectivity index (χ0v) is 13.4. The quantitative estimate of drug-likeness (QED) is 0.890. The molecule has 114 valence electrons. The molecule has 0 amide bonds. The second-order valence-corrected chi connectivity index (χ2v) is 6.91. The van der Waals surface area contributed by atoms with Gasteiger partial charge >= 0.3 is 0 Å². The first kappa shape index (κ1) is 15.8. The van der Waals surface area contributed by atoms with Crippen molar-refractivity contribution in [1.82, 2.24) is 4.72 Å². The van der Waals surface area contributed by atoms with Gasteiger partial charge in [-0.1, -0.05) is 31.2 Å². The summed E-state index contributed by atoms with van der Waals surface area (Å²) in [5, 5.41) is 1.50. The van der Waals surface area contributed by atoms with Gasteiger partial charge in [0.2, 0.25) is 10.0 Å². The van der Waals surface area contributed by atoms with Gasteiger partial charge in [-0.05, 0) is 32.4 Å². The molecule has 0 aliphatic heterocycles. The van der Waals surface area contributed by atoms with E-state index in [0.29, 0.717) is 12.0 Å². The number of nitrogens with one attached hydrogen (secondary N) is 1. The van der Waals surface area contributed by atoms with Crippen molar-refractivity contribution in [3.05, 3.63) is 36.4 Å². The van der Waals surface area contributed by atoms with Gasteiger partial charge in [-0.15, -0.1) is 0 Å². The van der Waals surface area contributed by atoms with Crippen LogP contribution in [-0.2, 0) is 10.0 Å². The molecule has 1 N–H and O–H groups in total. The molecule has 0 saturated heterocycles. The fourth-order valence-electron chi connectivity index (χ4n) is 2.19. The highest BCUT2D eigenvalue weighted by Crippen LogP contribution is 2.31. The molecule has 5 heteroatoms. The molecular formula is C16H21NO3S. The first-order valence-electron chi connectivity index (χ1n) is 7.12. The maximum atomic E-state index is 12.4. The number of hydrogen-bond donors (Lipinski definition) is 1. The van der Waals surface area contributed by atoms with E-state index in [4.69, 9.17) is 4.74 Å². The molecule has 0 unspecified atom stereocenters. The Hall–Kier alpha value is -1.59. The zero-order valence-electron chi connectivity index (χ0n) is 12.6. The summed E-state index contributed by atoms with van der Waals surface area (Å²) in [5.41, 5.74) is 0. The van der Waals surface area contributed by atoms with E-state index in [1.807, 2.05) is 31.2 Å². The lowest BCUT2D eigenvalue weighted by Crippen LogP contribution is -2.30. The third-order valence-electron chi connectivity index (χ3n) is 2.99. The average molecular weight is 307 g/mol. The highest BCUT2D eigenvalue weighted by molar-refractivity contribution is 7.89. The van der Waals surface area contributed by atoms with Gasteiger partial charge in [-0.25, -0.2) is 13.1 Å². The summed E-state index contributed by atoms with van der Waals surface area (Å²) < 4.78 is 33.2. The lowest BCUT2D eigenvalue weighted by molar-refractivity contribution is 0.321. The zero-order chi connectivity index (χ0) is 15.5. The first-order chi connectivity index (χ1) is 9.95. The Morgan fingerprint density at radius 3 is 2.38 bits per heavy atom. The van der Waals surface area contributed by atoms with E-state index in [0.717, 1.165) is 17.6 Å². The van der Waals surface area contributed by atoms with Gasteiger partial charge in [-0.3, -0.25) is 0 Å². The van der Waals surface area contributed by atoms with Gasteiger partial charge in [0.1, 0.15) is 5.75 Å². The van der Waals surface area contributed by atoms with Crippen molar-refractivity contribution in [3.8, 4) is 5.75 Å². The largest absolute Gasteiger partial charge is 0.493 e. The Morgan fingerprint density at radius 2 is 1.76 bits per heavy atom.